The molecule has 5 heterocycles. The number of nitrogens with zero attached hydrogens (tertiary/aromatic N) is 6. The van der Waals surface area contributed by atoms with E-state index < -0.39 is 10.0 Å². The SMILES string of the molecule is CS(=O)(=O)N1CCN(Cc2cc3nc(-c4cc[nH]n4)nc(N4CCOCC4)c3s2)CC1. The molecular formula is C19H25N7O3S2. The van der Waals surface area contributed by atoms with E-state index in [4.69, 9.17) is 14.7 Å². The van der Waals surface area contributed by atoms with Crippen molar-refractivity contribution >= 4 is 37.4 Å². The second kappa shape index (κ2) is 8.43. The molecule has 0 atom stereocenters. The zero-order chi connectivity index (χ0) is 21.4. The van der Waals surface area contributed by atoms with E-state index >= 15 is 0 Å². The van der Waals surface area contributed by atoms with Gasteiger partial charge in [-0.25, -0.2) is 18.4 Å². The summed E-state index contributed by atoms with van der Waals surface area (Å²) in [6.07, 6.45) is 3.05. The van der Waals surface area contributed by atoms with Gasteiger partial charge in [0.1, 0.15) is 5.69 Å². The lowest BCUT2D eigenvalue weighted by Crippen LogP contribution is -2.47. The van der Waals surface area contributed by atoms with Crippen LogP contribution in [-0.2, 0) is 21.3 Å². The Balaban J connectivity index is 1.43. The molecule has 10 nitrogen and oxygen atoms in total. The Morgan fingerprint density at radius 3 is 2.58 bits per heavy atom. The summed E-state index contributed by atoms with van der Waals surface area (Å²) in [5.41, 5.74) is 1.64. The van der Waals surface area contributed by atoms with Crippen molar-refractivity contribution in [3.8, 4) is 11.5 Å². The van der Waals surface area contributed by atoms with Gasteiger partial charge in [0, 0.05) is 56.9 Å². The normalized spacial score (nSPS) is 19.3. The number of nitrogens with one attached hydrogen (secondary N) is 1. The Morgan fingerprint density at radius 2 is 1.90 bits per heavy atom. The van der Waals surface area contributed by atoms with Crippen LogP contribution < -0.4 is 4.90 Å². The van der Waals surface area contributed by atoms with Crippen LogP contribution in [0.3, 0.4) is 0 Å². The summed E-state index contributed by atoms with van der Waals surface area (Å²) in [5, 5.41) is 7.09. The minimum Gasteiger partial charge on any atom is -0.378 e. The number of hydrogen-bond acceptors (Lipinski definition) is 9. The summed E-state index contributed by atoms with van der Waals surface area (Å²) in [7, 11) is -3.12. The monoisotopic (exact) mass is 463 g/mol. The fourth-order valence-electron chi connectivity index (χ4n) is 3.97. The van der Waals surface area contributed by atoms with Crippen LogP contribution >= 0.6 is 11.3 Å². The fourth-order valence-corrected chi connectivity index (χ4v) is 5.95. The average Bonchev–Trinajstić information content (AvgIpc) is 3.43. The molecule has 0 unspecified atom stereocenters. The average molecular weight is 464 g/mol. The molecule has 2 saturated heterocycles. The molecule has 0 bridgehead atoms. The maximum Gasteiger partial charge on any atom is 0.211 e. The van der Waals surface area contributed by atoms with E-state index in [-0.39, 0.29) is 0 Å². The second-order valence-corrected chi connectivity index (χ2v) is 10.9. The highest BCUT2D eigenvalue weighted by Crippen LogP contribution is 2.34. The van der Waals surface area contributed by atoms with Gasteiger partial charge >= 0.3 is 0 Å². The van der Waals surface area contributed by atoms with Gasteiger partial charge in [-0.3, -0.25) is 10.00 Å². The van der Waals surface area contributed by atoms with Gasteiger partial charge in [-0.05, 0) is 12.1 Å². The number of fused-ring (bicyclic) bond motifs is 1. The molecule has 2 fully saturated rings. The topological polar surface area (TPSA) is 108 Å². The number of aromatic amines is 1. The molecule has 2 aliphatic rings. The number of hydrogen-bond donors (Lipinski definition) is 1. The van der Waals surface area contributed by atoms with Crippen molar-refractivity contribution in [3.63, 3.8) is 0 Å². The molecule has 166 valence electrons. The highest BCUT2D eigenvalue weighted by atomic mass is 32.2. The zero-order valence-electron chi connectivity index (χ0n) is 17.3. The van der Waals surface area contributed by atoms with Gasteiger partial charge in [0.25, 0.3) is 0 Å². The van der Waals surface area contributed by atoms with Crippen LogP contribution in [0.4, 0.5) is 5.82 Å². The van der Waals surface area contributed by atoms with Gasteiger partial charge in [0.2, 0.25) is 10.0 Å². The number of piperazine rings is 1. The second-order valence-electron chi connectivity index (χ2n) is 7.79. The van der Waals surface area contributed by atoms with E-state index in [1.165, 1.54) is 11.1 Å². The number of anilines is 1. The minimum absolute atomic E-state index is 0.534. The van der Waals surface area contributed by atoms with Gasteiger partial charge < -0.3 is 9.64 Å². The van der Waals surface area contributed by atoms with E-state index in [0.717, 1.165) is 54.5 Å². The van der Waals surface area contributed by atoms with E-state index in [1.54, 1.807) is 21.8 Å². The Hall–Kier alpha value is -2.12. The van der Waals surface area contributed by atoms with Gasteiger partial charge in [-0.2, -0.15) is 9.40 Å². The maximum absolute atomic E-state index is 11.8. The van der Waals surface area contributed by atoms with Gasteiger partial charge in [-0.1, -0.05) is 0 Å². The zero-order valence-corrected chi connectivity index (χ0v) is 19.0. The molecule has 0 saturated carbocycles. The highest BCUT2D eigenvalue weighted by molar-refractivity contribution is 7.88. The van der Waals surface area contributed by atoms with Crippen LogP contribution in [-0.4, -0.2) is 96.5 Å². The number of thiophene rings is 1. The summed E-state index contributed by atoms with van der Waals surface area (Å²) in [5.74, 6) is 1.55. The van der Waals surface area contributed by atoms with Crippen molar-refractivity contribution in [3.05, 3.63) is 23.2 Å². The van der Waals surface area contributed by atoms with Crippen molar-refractivity contribution in [1.82, 2.24) is 29.4 Å². The van der Waals surface area contributed by atoms with Crippen LogP contribution in [0.2, 0.25) is 0 Å². The molecule has 3 aromatic heterocycles. The van der Waals surface area contributed by atoms with Crippen LogP contribution in [0.25, 0.3) is 21.7 Å². The molecule has 31 heavy (non-hydrogen) atoms. The molecule has 1 N–H and O–H groups in total. The largest absolute Gasteiger partial charge is 0.378 e. The molecule has 0 aliphatic carbocycles. The van der Waals surface area contributed by atoms with Crippen LogP contribution in [0, 0.1) is 0 Å². The van der Waals surface area contributed by atoms with Crippen molar-refractivity contribution in [2.75, 3.05) is 63.6 Å². The van der Waals surface area contributed by atoms with Crippen molar-refractivity contribution in [2.45, 2.75) is 6.54 Å². The van der Waals surface area contributed by atoms with Crippen LogP contribution in [0.1, 0.15) is 4.88 Å². The summed E-state index contributed by atoms with van der Waals surface area (Å²) < 4.78 is 31.7. The van der Waals surface area contributed by atoms with Crippen molar-refractivity contribution in [2.24, 2.45) is 0 Å². The van der Waals surface area contributed by atoms with Crippen molar-refractivity contribution < 1.29 is 13.2 Å². The molecular weight excluding hydrogens is 438 g/mol. The maximum atomic E-state index is 11.8. The minimum atomic E-state index is -3.12. The molecule has 0 radical (unpaired) electrons. The Kier molecular flexibility index (Phi) is 5.65. The molecule has 0 spiro atoms. The molecule has 12 heteroatoms. The smallest absolute Gasteiger partial charge is 0.211 e. The van der Waals surface area contributed by atoms with Crippen LogP contribution in [0.5, 0.6) is 0 Å². The first-order valence-electron chi connectivity index (χ1n) is 10.3. The lowest BCUT2D eigenvalue weighted by molar-refractivity contribution is 0.122. The molecule has 2 aliphatic heterocycles. The number of ether oxygens (including phenoxy) is 1. The summed E-state index contributed by atoms with van der Waals surface area (Å²) in [6.45, 7) is 6.26. The molecule has 0 amide bonds. The molecule has 0 aromatic carbocycles. The van der Waals surface area contributed by atoms with E-state index in [2.05, 4.69) is 26.1 Å². The van der Waals surface area contributed by atoms with Gasteiger partial charge in [-0.15, -0.1) is 11.3 Å². The van der Waals surface area contributed by atoms with Crippen molar-refractivity contribution in [1.29, 1.82) is 0 Å². The molecule has 5 rings (SSSR count). The fraction of sp³-hybridized carbons (Fsp3) is 0.526. The quantitative estimate of drug-likeness (QED) is 0.597. The molecule has 3 aromatic rings. The van der Waals surface area contributed by atoms with E-state index in [1.807, 2.05) is 6.07 Å². The Bertz CT molecular complexity index is 1150. The predicted molar refractivity (Wildman–Crippen MR) is 120 cm³/mol. The third-order valence-electron chi connectivity index (χ3n) is 5.62. The standard InChI is InChI=1S/C19H25N7O3S2/c1-31(27,28)26-6-4-24(5-7-26)13-14-12-16-17(30-14)19(25-8-10-29-11-9-25)22-18(21-16)15-2-3-20-23-15/h2-3,12H,4-11,13H2,1H3,(H,20,23). The first kappa shape index (κ1) is 20.8. The third-order valence-corrected chi connectivity index (χ3v) is 8.03. The summed E-state index contributed by atoms with van der Waals surface area (Å²) >= 11 is 1.71. The highest BCUT2D eigenvalue weighted by Gasteiger charge is 2.25. The number of H-pyrrole nitrogens is 1. The Morgan fingerprint density at radius 1 is 1.13 bits per heavy atom. The lowest BCUT2D eigenvalue weighted by Gasteiger charge is -2.32. The van der Waals surface area contributed by atoms with Gasteiger partial charge in [0.05, 0.1) is 29.7 Å². The van der Waals surface area contributed by atoms with E-state index in [9.17, 15) is 8.42 Å². The number of aromatic nitrogens is 4. The lowest BCUT2D eigenvalue weighted by atomic mass is 10.3. The van der Waals surface area contributed by atoms with Crippen LogP contribution in [0.15, 0.2) is 18.3 Å². The van der Waals surface area contributed by atoms with E-state index in [0.29, 0.717) is 32.1 Å². The third kappa shape index (κ3) is 4.44. The summed E-state index contributed by atoms with van der Waals surface area (Å²) in [6, 6.07) is 4.00. The predicted octanol–water partition coefficient (Wildman–Crippen LogP) is 0.995. The van der Waals surface area contributed by atoms with Gasteiger partial charge in [0.15, 0.2) is 11.6 Å². The number of rotatable bonds is 5. The first-order valence-corrected chi connectivity index (χ1v) is 12.9. The number of morpholine rings is 1. The first-order chi connectivity index (χ1) is 15.0. The Labute approximate surface area is 184 Å². The number of sulfonamides is 1. The summed E-state index contributed by atoms with van der Waals surface area (Å²) in [4.78, 5) is 15.4.